The molecule has 2 fully saturated rings. The third-order valence-electron chi connectivity index (χ3n) is 6.02. The molecule has 0 radical (unpaired) electrons. The van der Waals surface area contributed by atoms with E-state index in [0.717, 1.165) is 30.4 Å². The Balaban J connectivity index is 1.61. The number of methoxy groups -OCH3 is 1. The van der Waals surface area contributed by atoms with Crippen LogP contribution in [0.25, 0.3) is 0 Å². The molecule has 0 unspecified atom stereocenters. The highest BCUT2D eigenvalue weighted by Gasteiger charge is 2.39. The first kappa shape index (κ1) is 19.4. The summed E-state index contributed by atoms with van der Waals surface area (Å²) in [4.78, 5) is 6.93. The van der Waals surface area contributed by atoms with Gasteiger partial charge in [0.25, 0.3) is 0 Å². The van der Waals surface area contributed by atoms with Crippen molar-refractivity contribution in [2.75, 3.05) is 20.3 Å². The maximum atomic E-state index is 5.72. The molecule has 28 heavy (non-hydrogen) atoms. The summed E-state index contributed by atoms with van der Waals surface area (Å²) in [5, 5.41) is 4.34. The number of rotatable bonds is 7. The summed E-state index contributed by atoms with van der Waals surface area (Å²) in [6, 6.07) is 9.23. The quantitative estimate of drug-likeness (QED) is 0.553. The molecule has 6 heteroatoms. The van der Waals surface area contributed by atoms with E-state index in [9.17, 15) is 0 Å². The van der Waals surface area contributed by atoms with Gasteiger partial charge in [-0.15, -0.1) is 0 Å². The number of nitrogens with one attached hydrogen (secondary N) is 1. The van der Waals surface area contributed by atoms with Crippen LogP contribution in [0.2, 0.25) is 0 Å². The Labute approximate surface area is 173 Å². The Kier molecular flexibility index (Phi) is 6.27. The number of thiocarbonyl (C=S) groups is 1. The number of pyridine rings is 1. The summed E-state index contributed by atoms with van der Waals surface area (Å²) in [5.74, 6) is 0. The van der Waals surface area contributed by atoms with Crippen molar-refractivity contribution in [2.45, 2.75) is 56.7 Å². The summed E-state index contributed by atoms with van der Waals surface area (Å²) in [6.45, 7) is 1.62. The molecule has 150 valence electrons. The fourth-order valence-electron chi connectivity index (χ4n) is 4.60. The third-order valence-corrected chi connectivity index (χ3v) is 6.37. The van der Waals surface area contributed by atoms with Gasteiger partial charge in [0.15, 0.2) is 5.11 Å². The largest absolute Gasteiger partial charge is 0.385 e. The monoisotopic (exact) mass is 398 g/mol. The second-order valence-electron chi connectivity index (χ2n) is 7.85. The highest BCUT2D eigenvalue weighted by molar-refractivity contribution is 7.80. The lowest BCUT2D eigenvalue weighted by atomic mass is 9.95. The molecule has 2 aliphatic rings. The average Bonchev–Trinajstić information content (AvgIpc) is 3.35. The first-order chi connectivity index (χ1) is 13.8. The Bertz CT molecular complexity index is 772. The minimum atomic E-state index is 0.0680. The van der Waals surface area contributed by atoms with Crippen LogP contribution in [0.3, 0.4) is 0 Å². The molecule has 0 bridgehead atoms. The van der Waals surface area contributed by atoms with E-state index in [-0.39, 0.29) is 12.1 Å². The molecule has 2 aromatic rings. The smallest absolute Gasteiger partial charge is 0.170 e. The summed E-state index contributed by atoms with van der Waals surface area (Å²) >= 11 is 5.72. The van der Waals surface area contributed by atoms with Crippen molar-refractivity contribution in [3.05, 3.63) is 54.1 Å². The minimum Gasteiger partial charge on any atom is -0.385 e. The number of hydrogen-bond acceptors (Lipinski definition) is 3. The highest BCUT2D eigenvalue weighted by atomic mass is 32.1. The zero-order chi connectivity index (χ0) is 19.3. The van der Waals surface area contributed by atoms with E-state index < -0.39 is 0 Å². The SMILES string of the molecule is COCCCN1C(=S)N[C@@H](c2ccccn2)[C@H]1c1ccn(C2CCCCC2)c1. The Morgan fingerprint density at radius 3 is 2.82 bits per heavy atom. The first-order valence-electron chi connectivity index (χ1n) is 10.4. The van der Waals surface area contributed by atoms with E-state index >= 15 is 0 Å². The van der Waals surface area contributed by atoms with Gasteiger partial charge >= 0.3 is 0 Å². The van der Waals surface area contributed by atoms with Gasteiger partial charge in [-0.2, -0.15) is 0 Å². The molecule has 0 amide bonds. The number of aromatic nitrogens is 2. The van der Waals surface area contributed by atoms with Crippen LogP contribution in [0.5, 0.6) is 0 Å². The van der Waals surface area contributed by atoms with E-state index in [1.54, 1.807) is 7.11 Å². The third kappa shape index (κ3) is 4.08. The van der Waals surface area contributed by atoms with Gasteiger partial charge in [0.2, 0.25) is 0 Å². The highest BCUT2D eigenvalue weighted by Crippen LogP contribution is 2.39. The van der Waals surface area contributed by atoms with Crippen molar-refractivity contribution >= 4 is 17.3 Å². The topological polar surface area (TPSA) is 42.3 Å². The van der Waals surface area contributed by atoms with Crippen LogP contribution in [-0.2, 0) is 4.74 Å². The Morgan fingerprint density at radius 1 is 1.21 bits per heavy atom. The van der Waals surface area contributed by atoms with Crippen molar-refractivity contribution in [2.24, 2.45) is 0 Å². The molecule has 0 spiro atoms. The second-order valence-corrected chi connectivity index (χ2v) is 8.24. The van der Waals surface area contributed by atoms with Crippen LogP contribution in [0.15, 0.2) is 42.9 Å². The van der Waals surface area contributed by atoms with Crippen molar-refractivity contribution < 1.29 is 4.74 Å². The van der Waals surface area contributed by atoms with E-state index in [2.05, 4.69) is 44.3 Å². The van der Waals surface area contributed by atoms with Crippen molar-refractivity contribution in [3.8, 4) is 0 Å². The molecule has 1 aliphatic heterocycles. The molecule has 1 N–H and O–H groups in total. The van der Waals surface area contributed by atoms with Crippen molar-refractivity contribution in [3.63, 3.8) is 0 Å². The normalized spacial score (nSPS) is 23.2. The average molecular weight is 399 g/mol. The van der Waals surface area contributed by atoms with Crippen LogP contribution in [0.1, 0.15) is 67.9 Å². The lowest BCUT2D eigenvalue weighted by Crippen LogP contribution is -2.31. The molecule has 1 aliphatic carbocycles. The molecule has 5 nitrogen and oxygen atoms in total. The molecule has 3 heterocycles. The maximum absolute atomic E-state index is 5.72. The van der Waals surface area contributed by atoms with Crippen molar-refractivity contribution in [1.82, 2.24) is 19.8 Å². The van der Waals surface area contributed by atoms with Gasteiger partial charge < -0.3 is 19.5 Å². The van der Waals surface area contributed by atoms with E-state index in [1.165, 1.54) is 37.7 Å². The standard InChI is InChI=1S/C22H30N4OS/c1-27-15-7-13-26-21(20(24-22(26)28)19-10-5-6-12-23-19)17-11-14-25(16-17)18-8-3-2-4-9-18/h5-6,10-12,14,16,18,20-21H,2-4,7-9,13,15H2,1H3,(H,24,28)/t20-,21+/m0/s1. The van der Waals surface area contributed by atoms with Crippen LogP contribution >= 0.6 is 12.2 Å². The summed E-state index contributed by atoms with van der Waals surface area (Å²) < 4.78 is 7.70. The zero-order valence-electron chi connectivity index (χ0n) is 16.6. The fourth-order valence-corrected chi connectivity index (χ4v) is 4.93. The van der Waals surface area contributed by atoms with Crippen LogP contribution in [0, 0.1) is 0 Å². The molecular formula is C22H30N4OS. The van der Waals surface area contributed by atoms with Crippen molar-refractivity contribution in [1.29, 1.82) is 0 Å². The lowest BCUT2D eigenvalue weighted by Gasteiger charge is -2.27. The van der Waals surface area contributed by atoms with Gasteiger partial charge in [-0.1, -0.05) is 25.3 Å². The van der Waals surface area contributed by atoms with Gasteiger partial charge in [0.05, 0.1) is 17.8 Å². The summed E-state index contributed by atoms with van der Waals surface area (Å²) in [5.41, 5.74) is 2.35. The molecule has 0 aromatic carbocycles. The predicted molar refractivity (Wildman–Crippen MR) is 115 cm³/mol. The number of nitrogens with zero attached hydrogens (tertiary/aromatic N) is 3. The fraction of sp³-hybridized carbons (Fsp3) is 0.545. The van der Waals surface area contributed by atoms with Crippen LogP contribution in [0.4, 0.5) is 0 Å². The molecule has 2 atom stereocenters. The lowest BCUT2D eigenvalue weighted by molar-refractivity contribution is 0.180. The Morgan fingerprint density at radius 2 is 2.07 bits per heavy atom. The van der Waals surface area contributed by atoms with Gasteiger partial charge in [0, 0.05) is 44.9 Å². The van der Waals surface area contributed by atoms with Crippen LogP contribution < -0.4 is 5.32 Å². The molecule has 4 rings (SSSR count). The predicted octanol–water partition coefficient (Wildman–Crippen LogP) is 4.40. The minimum absolute atomic E-state index is 0.0680. The number of hydrogen-bond donors (Lipinski definition) is 1. The molecule has 1 saturated carbocycles. The number of ether oxygens (including phenoxy) is 1. The van der Waals surface area contributed by atoms with Gasteiger partial charge in [-0.05, 0) is 55.2 Å². The van der Waals surface area contributed by atoms with E-state index in [0.29, 0.717) is 6.04 Å². The van der Waals surface area contributed by atoms with Gasteiger partial charge in [-0.3, -0.25) is 4.98 Å². The second kappa shape index (κ2) is 9.05. The van der Waals surface area contributed by atoms with E-state index in [4.69, 9.17) is 17.0 Å². The summed E-state index contributed by atoms with van der Waals surface area (Å²) in [7, 11) is 1.75. The van der Waals surface area contributed by atoms with E-state index in [1.807, 2.05) is 18.3 Å². The first-order valence-corrected chi connectivity index (χ1v) is 10.8. The zero-order valence-corrected chi connectivity index (χ0v) is 17.4. The Hall–Kier alpha value is -1.92. The maximum Gasteiger partial charge on any atom is 0.170 e. The van der Waals surface area contributed by atoms with Gasteiger partial charge in [0.1, 0.15) is 0 Å². The van der Waals surface area contributed by atoms with Crippen LogP contribution in [-0.4, -0.2) is 39.8 Å². The molecule has 2 aromatic heterocycles. The molecule has 1 saturated heterocycles. The molecular weight excluding hydrogens is 368 g/mol. The van der Waals surface area contributed by atoms with Gasteiger partial charge in [-0.25, -0.2) is 0 Å². The summed E-state index contributed by atoms with van der Waals surface area (Å²) in [6.07, 6.45) is 14.0.